The Morgan fingerprint density at radius 1 is 0.886 bits per heavy atom. The number of sulfonamides is 1. The molecule has 1 N–H and O–H groups in total. The summed E-state index contributed by atoms with van der Waals surface area (Å²) in [6, 6.07) is 31.5. The maximum absolute atomic E-state index is 12.0. The number of hydrogen-bond donors (Lipinski definition) is 1. The quantitative estimate of drug-likeness (QED) is 0.193. The van der Waals surface area contributed by atoms with Crippen molar-refractivity contribution in [3.8, 4) is 17.2 Å². The van der Waals surface area contributed by atoms with Crippen LogP contribution in [0.2, 0.25) is 0 Å². The first-order chi connectivity index (χ1) is 21.1. The smallest absolute Gasteiger partial charge is 0.229 e. The molecule has 0 radical (unpaired) electrons. The summed E-state index contributed by atoms with van der Waals surface area (Å²) in [5.74, 6) is 2.58. The van der Waals surface area contributed by atoms with Gasteiger partial charge in [-0.2, -0.15) is 0 Å². The van der Waals surface area contributed by atoms with E-state index in [1.165, 1.54) is 0 Å². The normalized spacial score (nSPS) is 14.7. The molecule has 9 heteroatoms. The Morgan fingerprint density at radius 2 is 1.57 bits per heavy atom. The molecule has 5 rings (SSSR count). The van der Waals surface area contributed by atoms with Gasteiger partial charge in [-0.1, -0.05) is 54.6 Å². The average molecular weight is 614 g/mol. The largest absolute Gasteiger partial charge is 0.493 e. The summed E-state index contributed by atoms with van der Waals surface area (Å²) in [4.78, 5) is 15.7. The van der Waals surface area contributed by atoms with Crippen molar-refractivity contribution >= 4 is 27.3 Å². The van der Waals surface area contributed by atoms with Crippen molar-refractivity contribution in [3.63, 3.8) is 0 Å². The molecule has 230 valence electrons. The monoisotopic (exact) mass is 613 g/mol. The molecule has 1 atom stereocenters. The summed E-state index contributed by atoms with van der Waals surface area (Å²) in [6.07, 6.45) is 2.11. The van der Waals surface area contributed by atoms with Crippen LogP contribution in [0.25, 0.3) is 0 Å². The van der Waals surface area contributed by atoms with Gasteiger partial charge in [0.05, 0.1) is 18.6 Å². The summed E-state index contributed by atoms with van der Waals surface area (Å²) >= 11 is 0. The van der Waals surface area contributed by atoms with Gasteiger partial charge < -0.3 is 19.3 Å². The number of likely N-dealkylation sites (tertiary alicyclic amines) is 1. The molecule has 44 heavy (non-hydrogen) atoms. The fourth-order valence-corrected chi connectivity index (χ4v) is 6.04. The molecular formula is C35H39N3O5S. The minimum atomic E-state index is -3.41. The molecule has 4 aromatic rings. The Labute approximate surface area is 260 Å². The Kier molecular flexibility index (Phi) is 9.75. The van der Waals surface area contributed by atoms with Gasteiger partial charge in [0.25, 0.3) is 0 Å². The number of carbonyl (C=O) groups is 1. The van der Waals surface area contributed by atoms with Crippen molar-refractivity contribution in [2.45, 2.75) is 33.4 Å². The maximum atomic E-state index is 12.0. The number of carbonyl (C=O) groups excluding carboxylic acids is 1. The molecule has 1 aliphatic rings. The summed E-state index contributed by atoms with van der Waals surface area (Å²) in [5, 5.41) is 0. The number of anilines is 2. The van der Waals surface area contributed by atoms with E-state index in [1.807, 2.05) is 90.7 Å². The number of nitrogens with one attached hydrogen (secondary N) is 1. The Balaban J connectivity index is 1.26. The van der Waals surface area contributed by atoms with E-state index < -0.39 is 10.0 Å². The Morgan fingerprint density at radius 3 is 2.25 bits per heavy atom. The summed E-state index contributed by atoms with van der Waals surface area (Å²) in [5.41, 5.74) is 4.62. The van der Waals surface area contributed by atoms with Crippen molar-refractivity contribution < 1.29 is 22.7 Å². The molecule has 0 spiro atoms. The standard InChI is InChI=1S/C35H39N3O5S/c1-26-34(36-44(3,40)41)13-8-14-35(26)38(22-28-9-5-4-6-10-28)23-29-15-17-31(18-16-29)43-33-12-7-11-32(21-33)42-25-30-19-20-37(24-30)27(2)39/h4-18,21,30,36H,19-20,22-25H2,1-3H3. The van der Waals surface area contributed by atoms with E-state index >= 15 is 0 Å². The van der Waals surface area contributed by atoms with Crippen LogP contribution in [0.3, 0.4) is 0 Å². The zero-order valence-corrected chi connectivity index (χ0v) is 26.2. The molecule has 0 aliphatic carbocycles. The number of ether oxygens (including phenoxy) is 2. The second kappa shape index (κ2) is 13.9. The zero-order chi connectivity index (χ0) is 31.1. The van der Waals surface area contributed by atoms with Crippen LogP contribution < -0.4 is 19.1 Å². The number of hydrogen-bond acceptors (Lipinski definition) is 6. The highest BCUT2D eigenvalue weighted by Crippen LogP contribution is 2.31. The maximum Gasteiger partial charge on any atom is 0.229 e. The molecule has 1 aliphatic heterocycles. The molecule has 0 saturated carbocycles. The molecule has 4 aromatic carbocycles. The van der Waals surface area contributed by atoms with Crippen molar-refractivity contribution in [1.82, 2.24) is 4.90 Å². The Bertz CT molecular complexity index is 1680. The minimum Gasteiger partial charge on any atom is -0.493 e. The molecule has 8 nitrogen and oxygen atoms in total. The van der Waals surface area contributed by atoms with Gasteiger partial charge in [0.2, 0.25) is 15.9 Å². The van der Waals surface area contributed by atoms with E-state index in [9.17, 15) is 13.2 Å². The summed E-state index contributed by atoms with van der Waals surface area (Å²) < 4.78 is 38.7. The van der Waals surface area contributed by atoms with Crippen LogP contribution in [0.1, 0.15) is 30.0 Å². The van der Waals surface area contributed by atoms with Crippen LogP contribution in [-0.2, 0) is 27.9 Å². The van der Waals surface area contributed by atoms with Crippen LogP contribution >= 0.6 is 0 Å². The van der Waals surface area contributed by atoms with Crippen LogP contribution in [0.5, 0.6) is 17.2 Å². The lowest BCUT2D eigenvalue weighted by molar-refractivity contribution is -0.127. The molecular weight excluding hydrogens is 574 g/mol. The van der Waals surface area contributed by atoms with Crippen LogP contribution in [0.15, 0.2) is 97.1 Å². The van der Waals surface area contributed by atoms with E-state index in [2.05, 4.69) is 21.8 Å². The second-order valence-electron chi connectivity index (χ2n) is 11.3. The number of nitrogens with zero attached hydrogens (tertiary/aromatic N) is 2. The molecule has 1 fully saturated rings. The number of benzene rings is 4. The first kappa shape index (κ1) is 30.9. The van der Waals surface area contributed by atoms with Crippen molar-refractivity contribution in [2.24, 2.45) is 5.92 Å². The first-order valence-corrected chi connectivity index (χ1v) is 16.6. The molecule has 1 heterocycles. The number of amides is 1. The van der Waals surface area contributed by atoms with E-state index in [4.69, 9.17) is 9.47 Å². The van der Waals surface area contributed by atoms with Gasteiger partial charge in [-0.05, 0) is 66.4 Å². The molecule has 1 amide bonds. The Hall–Kier alpha value is -4.50. The lowest BCUT2D eigenvalue weighted by Gasteiger charge is -2.28. The summed E-state index contributed by atoms with van der Waals surface area (Å²) in [6.45, 7) is 6.91. The lowest BCUT2D eigenvalue weighted by Crippen LogP contribution is -2.26. The van der Waals surface area contributed by atoms with E-state index in [1.54, 1.807) is 13.0 Å². The third-order valence-electron chi connectivity index (χ3n) is 7.71. The second-order valence-corrected chi connectivity index (χ2v) is 13.1. The third-order valence-corrected chi connectivity index (χ3v) is 8.30. The molecule has 1 unspecified atom stereocenters. The van der Waals surface area contributed by atoms with Gasteiger partial charge >= 0.3 is 0 Å². The van der Waals surface area contributed by atoms with Gasteiger partial charge in [0.15, 0.2) is 0 Å². The topological polar surface area (TPSA) is 88.2 Å². The van der Waals surface area contributed by atoms with E-state index in [0.29, 0.717) is 42.8 Å². The summed E-state index contributed by atoms with van der Waals surface area (Å²) in [7, 11) is -3.41. The average Bonchev–Trinajstić information content (AvgIpc) is 3.48. The third kappa shape index (κ3) is 8.54. The number of rotatable bonds is 12. The van der Waals surface area contributed by atoms with Gasteiger partial charge in [-0.3, -0.25) is 9.52 Å². The van der Waals surface area contributed by atoms with Gasteiger partial charge in [-0.25, -0.2) is 8.42 Å². The molecule has 0 bridgehead atoms. The highest BCUT2D eigenvalue weighted by molar-refractivity contribution is 7.92. The van der Waals surface area contributed by atoms with Crippen LogP contribution in [0.4, 0.5) is 11.4 Å². The van der Waals surface area contributed by atoms with E-state index in [0.717, 1.165) is 53.9 Å². The van der Waals surface area contributed by atoms with Gasteiger partial charge in [-0.15, -0.1) is 0 Å². The van der Waals surface area contributed by atoms with Crippen LogP contribution in [0, 0.1) is 12.8 Å². The predicted octanol–water partition coefficient (Wildman–Crippen LogP) is 6.61. The van der Waals surface area contributed by atoms with Crippen molar-refractivity contribution in [2.75, 3.05) is 35.6 Å². The molecule has 0 aromatic heterocycles. The van der Waals surface area contributed by atoms with E-state index in [-0.39, 0.29) is 5.91 Å². The highest BCUT2D eigenvalue weighted by Gasteiger charge is 2.24. The van der Waals surface area contributed by atoms with Gasteiger partial charge in [0.1, 0.15) is 17.2 Å². The van der Waals surface area contributed by atoms with Crippen LogP contribution in [-0.4, -0.2) is 45.2 Å². The first-order valence-electron chi connectivity index (χ1n) is 14.7. The zero-order valence-electron chi connectivity index (χ0n) is 25.4. The SMILES string of the molecule is CC(=O)N1CCC(COc2cccc(Oc3ccc(CN(Cc4ccccc4)c4cccc(NS(C)(=O)=O)c4C)cc3)c2)C1. The predicted molar refractivity (Wildman–Crippen MR) is 175 cm³/mol. The highest BCUT2D eigenvalue weighted by atomic mass is 32.2. The fraction of sp³-hybridized carbons (Fsp3) is 0.286. The van der Waals surface area contributed by atoms with Crippen molar-refractivity contribution in [1.29, 1.82) is 0 Å². The minimum absolute atomic E-state index is 0.115. The lowest BCUT2D eigenvalue weighted by atomic mass is 10.1. The molecule has 1 saturated heterocycles. The fourth-order valence-electron chi connectivity index (χ4n) is 5.42. The van der Waals surface area contributed by atoms with Crippen molar-refractivity contribution in [3.05, 3.63) is 114 Å². The van der Waals surface area contributed by atoms with Gasteiger partial charge in [0, 0.05) is 50.8 Å².